The van der Waals surface area contributed by atoms with E-state index in [0.717, 1.165) is 25.0 Å². The van der Waals surface area contributed by atoms with E-state index in [1.807, 2.05) is 6.92 Å². The number of hydrogen-bond acceptors (Lipinski definition) is 3. The molecule has 1 amide bonds. The van der Waals surface area contributed by atoms with E-state index in [2.05, 4.69) is 5.32 Å². The maximum atomic E-state index is 12.8. The second-order valence-electron chi connectivity index (χ2n) is 5.14. The number of hydrogen-bond donors (Lipinski definition) is 1. The van der Waals surface area contributed by atoms with Crippen molar-refractivity contribution >= 4 is 23.2 Å². The zero-order chi connectivity index (χ0) is 18.3. The molecule has 1 rings (SSSR count). The van der Waals surface area contributed by atoms with Crippen molar-refractivity contribution < 1.29 is 18.0 Å². The van der Waals surface area contributed by atoms with Crippen LogP contribution in [0.2, 0.25) is 5.02 Å². The summed E-state index contributed by atoms with van der Waals surface area (Å²) in [5.74, 6) is -0.781. The molecule has 0 aliphatic heterocycles. The Labute approximate surface area is 143 Å². The summed E-state index contributed by atoms with van der Waals surface area (Å²) in [4.78, 5) is 13.7. The molecular weight excluding hydrogens is 343 g/mol. The minimum atomic E-state index is -4.63. The second-order valence-corrected chi connectivity index (χ2v) is 5.54. The molecule has 0 fully saturated rings. The molecular formula is C16H17ClF3N3O. The molecule has 1 aromatic carbocycles. The molecule has 0 heterocycles. The van der Waals surface area contributed by atoms with Gasteiger partial charge in [-0.1, -0.05) is 24.9 Å². The average Bonchev–Trinajstić information content (AvgIpc) is 2.51. The molecule has 0 saturated carbocycles. The van der Waals surface area contributed by atoms with Gasteiger partial charge in [-0.15, -0.1) is 0 Å². The van der Waals surface area contributed by atoms with Crippen LogP contribution in [0.4, 0.5) is 18.9 Å². The smallest absolute Gasteiger partial charge is 0.379 e. The Balaban J connectivity index is 2.94. The summed E-state index contributed by atoms with van der Waals surface area (Å²) >= 11 is 5.52. The molecule has 1 aromatic rings. The summed E-state index contributed by atoms with van der Waals surface area (Å²) in [6, 6.07) is 4.76. The zero-order valence-electron chi connectivity index (χ0n) is 13.2. The van der Waals surface area contributed by atoms with E-state index in [4.69, 9.17) is 16.9 Å². The molecule has 0 atom stereocenters. The number of carbonyl (C=O) groups excluding carboxylic acids is 1. The third-order valence-corrected chi connectivity index (χ3v) is 3.44. The van der Waals surface area contributed by atoms with Gasteiger partial charge in [0.1, 0.15) is 11.6 Å². The molecule has 130 valence electrons. The summed E-state index contributed by atoms with van der Waals surface area (Å²) in [6.07, 6.45) is -1.42. The van der Waals surface area contributed by atoms with Crippen LogP contribution in [0.25, 0.3) is 0 Å². The Morgan fingerprint density at radius 1 is 1.46 bits per heavy atom. The van der Waals surface area contributed by atoms with Crippen molar-refractivity contribution in [1.29, 1.82) is 5.26 Å². The summed E-state index contributed by atoms with van der Waals surface area (Å²) in [5, 5.41) is 10.9. The number of nitrogens with one attached hydrogen (secondary N) is 1. The highest BCUT2D eigenvalue weighted by Gasteiger charge is 2.33. The monoisotopic (exact) mass is 359 g/mol. The molecule has 0 spiro atoms. The fourth-order valence-electron chi connectivity index (χ4n) is 1.85. The van der Waals surface area contributed by atoms with Crippen LogP contribution >= 0.6 is 11.6 Å². The van der Waals surface area contributed by atoms with Crippen molar-refractivity contribution in [3.8, 4) is 6.07 Å². The van der Waals surface area contributed by atoms with Crippen molar-refractivity contribution in [3.63, 3.8) is 0 Å². The quantitative estimate of drug-likeness (QED) is 0.603. The van der Waals surface area contributed by atoms with E-state index in [0.29, 0.717) is 6.54 Å². The van der Waals surface area contributed by atoms with E-state index in [-0.39, 0.29) is 11.3 Å². The third kappa shape index (κ3) is 5.78. The van der Waals surface area contributed by atoms with Gasteiger partial charge in [-0.05, 0) is 24.6 Å². The number of benzene rings is 1. The molecule has 0 radical (unpaired) electrons. The Kier molecular flexibility index (Phi) is 7.11. The lowest BCUT2D eigenvalue weighted by molar-refractivity contribution is -0.137. The lowest BCUT2D eigenvalue weighted by Crippen LogP contribution is -2.19. The number of amides is 1. The van der Waals surface area contributed by atoms with Crippen LogP contribution in [0.1, 0.15) is 25.3 Å². The maximum absolute atomic E-state index is 12.8. The summed E-state index contributed by atoms with van der Waals surface area (Å²) in [5.41, 5.74) is -1.34. The van der Waals surface area contributed by atoms with E-state index < -0.39 is 22.7 Å². The molecule has 8 heteroatoms. The van der Waals surface area contributed by atoms with Crippen molar-refractivity contribution in [2.45, 2.75) is 25.9 Å². The first-order valence-corrected chi connectivity index (χ1v) is 7.57. The third-order valence-electron chi connectivity index (χ3n) is 3.11. The lowest BCUT2D eigenvalue weighted by Gasteiger charge is -2.14. The molecule has 0 saturated heterocycles. The first-order chi connectivity index (χ1) is 11.2. The predicted octanol–water partition coefficient (Wildman–Crippen LogP) is 4.44. The van der Waals surface area contributed by atoms with Gasteiger partial charge >= 0.3 is 6.18 Å². The highest BCUT2D eigenvalue weighted by molar-refractivity contribution is 6.31. The average molecular weight is 360 g/mol. The molecule has 0 bridgehead atoms. The Morgan fingerprint density at radius 3 is 2.67 bits per heavy atom. The van der Waals surface area contributed by atoms with Crippen LogP contribution in [0.3, 0.4) is 0 Å². The van der Waals surface area contributed by atoms with Crippen LogP contribution in [-0.2, 0) is 11.0 Å². The van der Waals surface area contributed by atoms with Gasteiger partial charge in [0.25, 0.3) is 5.91 Å². The topological polar surface area (TPSA) is 56.1 Å². The van der Waals surface area contributed by atoms with Crippen LogP contribution in [0.15, 0.2) is 30.0 Å². The highest BCUT2D eigenvalue weighted by atomic mass is 35.5. The lowest BCUT2D eigenvalue weighted by atomic mass is 10.2. The van der Waals surface area contributed by atoms with Crippen LogP contribution < -0.4 is 5.32 Å². The molecule has 1 N–H and O–H groups in total. The van der Waals surface area contributed by atoms with Crippen molar-refractivity contribution in [2.75, 3.05) is 18.9 Å². The number of halogens is 4. The van der Waals surface area contributed by atoms with Crippen LogP contribution in [0, 0.1) is 11.3 Å². The largest absolute Gasteiger partial charge is 0.417 e. The maximum Gasteiger partial charge on any atom is 0.417 e. The molecule has 0 aliphatic carbocycles. The van der Waals surface area contributed by atoms with E-state index in [9.17, 15) is 18.0 Å². The van der Waals surface area contributed by atoms with Crippen molar-refractivity contribution in [3.05, 3.63) is 40.6 Å². The molecule has 4 nitrogen and oxygen atoms in total. The van der Waals surface area contributed by atoms with Gasteiger partial charge in [-0.25, -0.2) is 0 Å². The number of nitrogens with zero attached hydrogens (tertiary/aromatic N) is 2. The number of rotatable bonds is 6. The molecule has 0 unspecified atom stereocenters. The number of carbonyl (C=O) groups is 1. The molecule has 24 heavy (non-hydrogen) atoms. The van der Waals surface area contributed by atoms with Gasteiger partial charge in [-0.2, -0.15) is 18.4 Å². The molecule has 0 aliphatic rings. The molecule has 0 aromatic heterocycles. The van der Waals surface area contributed by atoms with Crippen LogP contribution in [0.5, 0.6) is 0 Å². The normalized spacial score (nSPS) is 11.8. The predicted molar refractivity (Wildman–Crippen MR) is 86.3 cm³/mol. The fraction of sp³-hybridized carbons (Fsp3) is 0.375. The minimum Gasteiger partial charge on any atom is -0.379 e. The Morgan fingerprint density at radius 2 is 2.12 bits per heavy atom. The SMILES string of the molecule is CCCCN(C)/C=C(/C#N)C(=O)Nc1ccc(Cl)c(C(F)(F)F)c1. The summed E-state index contributed by atoms with van der Waals surface area (Å²) < 4.78 is 38.4. The zero-order valence-corrected chi connectivity index (χ0v) is 14.0. The van der Waals surface area contributed by atoms with Gasteiger partial charge in [0, 0.05) is 25.5 Å². The highest BCUT2D eigenvalue weighted by Crippen LogP contribution is 2.36. The van der Waals surface area contributed by atoms with Gasteiger partial charge in [0.15, 0.2) is 0 Å². The minimum absolute atomic E-state index is 0.0888. The Hall–Kier alpha value is -2.20. The van der Waals surface area contributed by atoms with Crippen LogP contribution in [-0.4, -0.2) is 24.4 Å². The fourth-order valence-corrected chi connectivity index (χ4v) is 2.07. The van der Waals surface area contributed by atoms with E-state index in [1.54, 1.807) is 18.0 Å². The van der Waals surface area contributed by atoms with E-state index in [1.165, 1.54) is 12.3 Å². The van der Waals surface area contributed by atoms with Crippen molar-refractivity contribution in [1.82, 2.24) is 4.90 Å². The summed E-state index contributed by atoms with van der Waals surface area (Å²) in [7, 11) is 1.71. The number of anilines is 1. The van der Waals surface area contributed by atoms with Gasteiger partial charge in [-0.3, -0.25) is 4.79 Å². The first-order valence-electron chi connectivity index (χ1n) is 7.19. The number of alkyl halides is 3. The standard InChI is InChI=1S/C16H17ClF3N3O/c1-3-4-7-23(2)10-11(9-21)15(24)22-12-5-6-14(17)13(8-12)16(18,19)20/h5-6,8,10H,3-4,7H2,1-2H3,(H,22,24)/b11-10-. The van der Waals surface area contributed by atoms with Gasteiger partial charge in [0.05, 0.1) is 10.6 Å². The van der Waals surface area contributed by atoms with Gasteiger partial charge < -0.3 is 10.2 Å². The number of nitriles is 1. The second kappa shape index (κ2) is 8.60. The number of unbranched alkanes of at least 4 members (excludes halogenated alkanes) is 1. The summed E-state index contributed by atoms with van der Waals surface area (Å²) in [6.45, 7) is 2.67. The van der Waals surface area contributed by atoms with Crippen molar-refractivity contribution in [2.24, 2.45) is 0 Å². The van der Waals surface area contributed by atoms with Gasteiger partial charge in [0.2, 0.25) is 0 Å². The van der Waals surface area contributed by atoms with E-state index >= 15 is 0 Å². The Bertz CT molecular complexity index is 666. The first kappa shape index (κ1) is 19.8.